The standard InChI is InChI=1S/C16H8O5.2H2O/c17-7-12(19)11-6-10(9-4-2-1-3-5-9)15-16(21-15)14(11)13(20)8-18;;/h1-8H;2*1H2. The molecule has 1 aliphatic rings. The van der Waals surface area contributed by atoms with Gasteiger partial charge in [-0.05, 0) is 11.6 Å². The molecule has 7 heteroatoms. The summed E-state index contributed by atoms with van der Waals surface area (Å²) in [5, 5.41) is 0. The molecule has 0 atom stereocenters. The van der Waals surface area contributed by atoms with Crippen molar-refractivity contribution in [2.45, 2.75) is 0 Å². The summed E-state index contributed by atoms with van der Waals surface area (Å²) in [5.74, 6) is -1.10. The van der Waals surface area contributed by atoms with Crippen LogP contribution in [0.1, 0.15) is 20.7 Å². The van der Waals surface area contributed by atoms with Gasteiger partial charge in [0.25, 0.3) is 0 Å². The molecule has 7 nitrogen and oxygen atoms in total. The highest BCUT2D eigenvalue weighted by molar-refractivity contribution is 6.42. The van der Waals surface area contributed by atoms with Crippen LogP contribution in [0.2, 0.25) is 0 Å². The van der Waals surface area contributed by atoms with Crippen molar-refractivity contribution in [3.05, 3.63) is 47.5 Å². The van der Waals surface area contributed by atoms with Gasteiger partial charge >= 0.3 is 0 Å². The van der Waals surface area contributed by atoms with Crippen LogP contribution in [0.3, 0.4) is 0 Å². The second kappa shape index (κ2) is 6.73. The average Bonchev–Trinajstić information content (AvgIpc) is 3.32. The van der Waals surface area contributed by atoms with Crippen LogP contribution in [0.5, 0.6) is 11.5 Å². The molecule has 2 aromatic carbocycles. The Balaban J connectivity index is 0.00000132. The normalized spacial score (nSPS) is 10.1. The van der Waals surface area contributed by atoms with Crippen LogP contribution in [-0.2, 0) is 9.59 Å². The first kappa shape index (κ1) is 17.9. The van der Waals surface area contributed by atoms with E-state index in [9.17, 15) is 19.2 Å². The van der Waals surface area contributed by atoms with Crippen molar-refractivity contribution in [3.63, 3.8) is 0 Å². The Morgan fingerprint density at radius 3 is 2.04 bits per heavy atom. The van der Waals surface area contributed by atoms with E-state index >= 15 is 0 Å². The number of benzene rings is 2. The number of hydrogen-bond acceptors (Lipinski definition) is 5. The number of rotatable bonds is 5. The summed E-state index contributed by atoms with van der Waals surface area (Å²) < 4.78 is 5.26. The van der Waals surface area contributed by atoms with E-state index < -0.39 is 11.6 Å². The van der Waals surface area contributed by atoms with E-state index in [2.05, 4.69) is 0 Å². The van der Waals surface area contributed by atoms with Gasteiger partial charge in [-0.3, -0.25) is 19.2 Å². The molecule has 0 saturated heterocycles. The maximum atomic E-state index is 11.7. The van der Waals surface area contributed by atoms with Gasteiger partial charge in [-0.1, -0.05) is 30.3 Å². The summed E-state index contributed by atoms with van der Waals surface area (Å²) >= 11 is 0. The Morgan fingerprint density at radius 1 is 0.870 bits per heavy atom. The molecule has 118 valence electrons. The van der Waals surface area contributed by atoms with E-state index in [1.165, 1.54) is 6.07 Å². The van der Waals surface area contributed by atoms with Crippen molar-refractivity contribution in [2.75, 3.05) is 0 Å². The second-order valence-corrected chi connectivity index (χ2v) is 4.44. The van der Waals surface area contributed by atoms with Gasteiger partial charge in [-0.15, -0.1) is 0 Å². The SMILES string of the molecule is O.O.O=CC(=O)c1cc(-c2ccccc2)c2c(c1C(=O)C=O)O2. The summed E-state index contributed by atoms with van der Waals surface area (Å²) in [4.78, 5) is 44.8. The molecule has 1 heterocycles. The van der Waals surface area contributed by atoms with Crippen LogP contribution >= 0.6 is 0 Å². The zero-order valence-electron chi connectivity index (χ0n) is 11.7. The molecular weight excluding hydrogens is 304 g/mol. The van der Waals surface area contributed by atoms with Gasteiger partial charge in [0, 0.05) is 11.1 Å². The molecule has 2 aromatic rings. The topological polar surface area (TPSA) is 144 Å². The minimum atomic E-state index is -0.881. The third-order valence-electron chi connectivity index (χ3n) is 3.21. The second-order valence-electron chi connectivity index (χ2n) is 4.44. The Morgan fingerprint density at radius 2 is 1.48 bits per heavy atom. The van der Waals surface area contributed by atoms with Crippen molar-refractivity contribution in [1.29, 1.82) is 0 Å². The largest absolute Gasteiger partial charge is 0.448 e. The van der Waals surface area contributed by atoms with Crippen molar-refractivity contribution >= 4 is 24.1 Å². The predicted octanol–water partition coefficient (Wildman–Crippen LogP) is 0.573. The van der Waals surface area contributed by atoms with Crippen LogP contribution < -0.4 is 4.74 Å². The lowest BCUT2D eigenvalue weighted by Crippen LogP contribution is -2.09. The summed E-state index contributed by atoms with van der Waals surface area (Å²) in [7, 11) is 0. The van der Waals surface area contributed by atoms with E-state index in [1.54, 1.807) is 0 Å². The highest BCUT2D eigenvalue weighted by atomic mass is 16.6. The molecule has 0 aromatic heterocycles. The van der Waals surface area contributed by atoms with E-state index in [0.29, 0.717) is 11.3 Å². The number of carbonyl (C=O) groups excluding carboxylic acids is 4. The molecule has 23 heavy (non-hydrogen) atoms. The maximum Gasteiger partial charge on any atom is 0.230 e. The first-order valence-corrected chi connectivity index (χ1v) is 6.10. The molecule has 0 unspecified atom stereocenters. The molecule has 0 bridgehead atoms. The van der Waals surface area contributed by atoms with Crippen LogP contribution in [-0.4, -0.2) is 35.1 Å². The molecule has 4 N–H and O–H groups in total. The molecule has 0 radical (unpaired) electrons. The van der Waals surface area contributed by atoms with Crippen LogP contribution in [0, 0.1) is 0 Å². The van der Waals surface area contributed by atoms with Gasteiger partial charge in [0.15, 0.2) is 24.1 Å². The molecule has 0 spiro atoms. The van der Waals surface area contributed by atoms with Gasteiger partial charge in [-0.2, -0.15) is 0 Å². The maximum absolute atomic E-state index is 11.7. The number of ketones is 2. The van der Waals surface area contributed by atoms with Gasteiger partial charge in [0.05, 0.1) is 5.56 Å². The van der Waals surface area contributed by atoms with E-state index in [1.807, 2.05) is 30.3 Å². The monoisotopic (exact) mass is 316 g/mol. The van der Waals surface area contributed by atoms with E-state index in [0.717, 1.165) is 5.56 Å². The Bertz CT molecular complexity index is 794. The minimum Gasteiger partial charge on any atom is -0.448 e. The highest BCUT2D eigenvalue weighted by Gasteiger charge is 2.36. The number of hydrogen-bond donors (Lipinski definition) is 0. The Hall–Kier alpha value is -3.16. The lowest BCUT2D eigenvalue weighted by atomic mass is 9.95. The third kappa shape index (κ3) is 2.91. The minimum absolute atomic E-state index is 0. The first-order chi connectivity index (χ1) is 10.2. The molecule has 0 aliphatic carbocycles. The highest BCUT2D eigenvalue weighted by Crippen LogP contribution is 2.55. The number of aldehydes is 2. The average molecular weight is 316 g/mol. The van der Waals surface area contributed by atoms with Crippen molar-refractivity contribution in [1.82, 2.24) is 0 Å². The fourth-order valence-corrected chi connectivity index (χ4v) is 2.22. The lowest BCUT2D eigenvalue weighted by molar-refractivity contribution is -0.105. The summed E-state index contributed by atoms with van der Waals surface area (Å²) in [6.45, 7) is 0. The van der Waals surface area contributed by atoms with Crippen LogP contribution in [0.4, 0.5) is 0 Å². The van der Waals surface area contributed by atoms with E-state index in [4.69, 9.17) is 4.74 Å². The molecular formula is C16H12O7. The molecule has 3 rings (SSSR count). The predicted molar refractivity (Wildman–Crippen MR) is 80.0 cm³/mol. The number of ether oxygens (including phenoxy) is 1. The zero-order chi connectivity index (χ0) is 15.0. The lowest BCUT2D eigenvalue weighted by Gasteiger charge is -2.03. The summed E-state index contributed by atoms with van der Waals surface area (Å²) in [5.41, 5.74) is 1.14. The quantitative estimate of drug-likeness (QED) is 0.292. The van der Waals surface area contributed by atoms with E-state index in [-0.39, 0.29) is 40.4 Å². The fraction of sp³-hybridized carbons (Fsp3) is 0. The van der Waals surface area contributed by atoms with Crippen molar-refractivity contribution in [3.8, 4) is 22.6 Å². The van der Waals surface area contributed by atoms with Crippen molar-refractivity contribution < 1.29 is 34.9 Å². The number of Topliss-reactive ketones (excluding diaryl/α,β-unsaturated/α-hetero) is 2. The smallest absolute Gasteiger partial charge is 0.230 e. The number of fused-ring (bicyclic) bond motifs is 1. The van der Waals surface area contributed by atoms with Gasteiger partial charge in [-0.25, -0.2) is 0 Å². The number of carbonyl (C=O) groups is 4. The zero-order valence-corrected chi connectivity index (χ0v) is 11.7. The van der Waals surface area contributed by atoms with Crippen LogP contribution in [0.15, 0.2) is 36.4 Å². The molecule has 0 fully saturated rings. The van der Waals surface area contributed by atoms with Gasteiger partial charge in [0.1, 0.15) is 0 Å². The van der Waals surface area contributed by atoms with Crippen LogP contribution in [0.25, 0.3) is 11.1 Å². The van der Waals surface area contributed by atoms with Crippen molar-refractivity contribution in [2.24, 2.45) is 0 Å². The first-order valence-electron chi connectivity index (χ1n) is 6.10. The Labute approximate surface area is 130 Å². The molecule has 0 saturated carbocycles. The fourth-order valence-electron chi connectivity index (χ4n) is 2.22. The van der Waals surface area contributed by atoms with Gasteiger partial charge < -0.3 is 15.7 Å². The summed E-state index contributed by atoms with van der Waals surface area (Å²) in [6.07, 6.45) is 0.210. The third-order valence-corrected chi connectivity index (χ3v) is 3.21. The molecule has 1 aliphatic heterocycles. The summed E-state index contributed by atoms with van der Waals surface area (Å²) in [6, 6.07) is 10.5. The molecule has 0 amide bonds. The van der Waals surface area contributed by atoms with Gasteiger partial charge in [0.2, 0.25) is 11.6 Å². The Kier molecular flexibility index (Phi) is 5.24.